The molecule has 1 saturated heterocycles. The monoisotopic (exact) mass is 431 g/mol. The lowest BCUT2D eigenvalue weighted by atomic mass is 9.85. The number of nitrogens with zero attached hydrogens (tertiary/aromatic N) is 2. The fourth-order valence-corrected chi connectivity index (χ4v) is 6.09. The molecule has 2 N–H and O–H groups in total. The molecule has 2 aromatic heterocycles. The van der Waals surface area contributed by atoms with Crippen molar-refractivity contribution in [2.75, 3.05) is 13.1 Å². The van der Waals surface area contributed by atoms with E-state index < -0.39 is 0 Å². The molecule has 1 aromatic carbocycles. The first-order valence-electron chi connectivity index (χ1n) is 12.5. The molecule has 0 bridgehead atoms. The minimum absolute atomic E-state index is 0.125. The Kier molecular flexibility index (Phi) is 6.09. The zero-order valence-electron chi connectivity index (χ0n) is 19.8. The maximum atomic E-state index is 10.5. The highest BCUT2D eigenvalue weighted by Gasteiger charge is 2.32. The Morgan fingerprint density at radius 3 is 2.53 bits per heavy atom. The van der Waals surface area contributed by atoms with E-state index in [0.717, 1.165) is 31.6 Å². The molecule has 4 heteroatoms. The van der Waals surface area contributed by atoms with Crippen LogP contribution >= 0.6 is 0 Å². The van der Waals surface area contributed by atoms with Crippen LogP contribution in [0.1, 0.15) is 81.0 Å². The van der Waals surface area contributed by atoms with E-state index in [1.807, 2.05) is 6.20 Å². The Balaban J connectivity index is 1.41. The molecule has 3 heterocycles. The van der Waals surface area contributed by atoms with Crippen LogP contribution < -0.4 is 0 Å². The summed E-state index contributed by atoms with van der Waals surface area (Å²) in [5, 5.41) is 11.8. The third-order valence-electron chi connectivity index (χ3n) is 7.79. The molecular formula is C28H37N3O. The van der Waals surface area contributed by atoms with Crippen LogP contribution in [0.3, 0.4) is 0 Å². The third-order valence-corrected chi connectivity index (χ3v) is 7.79. The highest BCUT2D eigenvalue weighted by atomic mass is 16.3. The molecular weight excluding hydrogens is 394 g/mol. The lowest BCUT2D eigenvalue weighted by molar-refractivity contribution is 0.00871. The van der Waals surface area contributed by atoms with Crippen molar-refractivity contribution in [2.45, 2.75) is 83.3 Å². The minimum atomic E-state index is -0.125. The minimum Gasteiger partial charge on any atom is -0.391 e. The van der Waals surface area contributed by atoms with Crippen molar-refractivity contribution in [3.05, 3.63) is 53.3 Å². The second-order valence-electron chi connectivity index (χ2n) is 10.3. The van der Waals surface area contributed by atoms with Gasteiger partial charge in [-0.25, -0.2) is 0 Å². The maximum Gasteiger partial charge on any atom is 0.0695 e. The van der Waals surface area contributed by atoms with E-state index in [1.165, 1.54) is 59.0 Å². The van der Waals surface area contributed by atoms with Crippen molar-refractivity contribution >= 4 is 10.9 Å². The van der Waals surface area contributed by atoms with Crippen LogP contribution in [0, 0.1) is 6.92 Å². The second-order valence-corrected chi connectivity index (χ2v) is 10.3. The normalized spacial score (nSPS) is 23.3. The average molecular weight is 432 g/mol. The number of aliphatic hydroxyl groups excluding tert-OH is 1. The number of piperidine rings is 1. The van der Waals surface area contributed by atoms with Gasteiger partial charge in [-0.15, -0.1) is 0 Å². The highest BCUT2D eigenvalue weighted by molar-refractivity contribution is 5.92. The van der Waals surface area contributed by atoms with Gasteiger partial charge in [-0.2, -0.15) is 0 Å². The van der Waals surface area contributed by atoms with Crippen molar-refractivity contribution < 1.29 is 5.11 Å². The number of pyridine rings is 1. The summed E-state index contributed by atoms with van der Waals surface area (Å²) in [4.78, 5) is 10.7. The van der Waals surface area contributed by atoms with Gasteiger partial charge < -0.3 is 10.1 Å². The number of hydrogen-bond acceptors (Lipinski definition) is 3. The summed E-state index contributed by atoms with van der Waals surface area (Å²) in [5.41, 5.74) is 7.61. The summed E-state index contributed by atoms with van der Waals surface area (Å²) in [6.45, 7) is 8.85. The van der Waals surface area contributed by atoms with Gasteiger partial charge in [0.05, 0.1) is 11.8 Å². The molecule has 1 aliphatic carbocycles. The van der Waals surface area contributed by atoms with Gasteiger partial charge in [0.2, 0.25) is 0 Å². The Morgan fingerprint density at radius 1 is 1.03 bits per heavy atom. The molecule has 2 aliphatic rings. The number of likely N-dealkylation sites (tertiary alicyclic amines) is 1. The maximum absolute atomic E-state index is 10.5. The number of aliphatic hydroxyl groups is 1. The summed E-state index contributed by atoms with van der Waals surface area (Å²) in [6, 6.07) is 11.7. The quantitative estimate of drug-likeness (QED) is 0.521. The zero-order chi connectivity index (χ0) is 22.2. The smallest absolute Gasteiger partial charge is 0.0695 e. The van der Waals surface area contributed by atoms with Crippen LogP contribution in [0.2, 0.25) is 0 Å². The number of nitrogens with one attached hydrogen (secondary N) is 1. The molecule has 1 saturated carbocycles. The highest BCUT2D eigenvalue weighted by Crippen LogP contribution is 2.39. The fraction of sp³-hybridized carbons (Fsp3) is 0.536. The predicted molar refractivity (Wildman–Crippen MR) is 132 cm³/mol. The van der Waals surface area contributed by atoms with E-state index in [0.29, 0.717) is 17.9 Å². The van der Waals surface area contributed by atoms with Crippen molar-refractivity contribution in [3.63, 3.8) is 0 Å². The van der Waals surface area contributed by atoms with Crippen molar-refractivity contribution in [1.82, 2.24) is 14.9 Å². The number of aromatic amines is 1. The van der Waals surface area contributed by atoms with E-state index >= 15 is 0 Å². The summed E-state index contributed by atoms with van der Waals surface area (Å²) in [5.74, 6) is 1.05. The lowest BCUT2D eigenvalue weighted by Gasteiger charge is -2.41. The van der Waals surface area contributed by atoms with E-state index in [2.05, 4.69) is 66.0 Å². The molecule has 0 spiro atoms. The van der Waals surface area contributed by atoms with E-state index in [-0.39, 0.29) is 6.10 Å². The number of hydrogen-bond donors (Lipinski definition) is 2. The van der Waals surface area contributed by atoms with Gasteiger partial charge in [0.25, 0.3) is 0 Å². The predicted octanol–water partition coefficient (Wildman–Crippen LogP) is 6.14. The van der Waals surface area contributed by atoms with Crippen LogP contribution in [-0.2, 0) is 0 Å². The third kappa shape index (κ3) is 4.11. The Hall–Kier alpha value is -2.17. The molecule has 1 aliphatic heterocycles. The van der Waals surface area contributed by atoms with Gasteiger partial charge in [-0.1, -0.05) is 32.8 Å². The van der Waals surface area contributed by atoms with Crippen LogP contribution in [0.25, 0.3) is 22.2 Å². The topological polar surface area (TPSA) is 52.2 Å². The van der Waals surface area contributed by atoms with Gasteiger partial charge in [0.15, 0.2) is 0 Å². The fourth-order valence-electron chi connectivity index (χ4n) is 6.09. The SMILES string of the molecule is Cc1cc(-c2[nH]c3ccc(C4CCN(C5CCCCC5O)CC4)cc3c2C(C)C)ccn1. The number of rotatable bonds is 4. The van der Waals surface area contributed by atoms with Gasteiger partial charge in [-0.3, -0.25) is 9.88 Å². The number of H-pyrrole nitrogens is 1. The van der Waals surface area contributed by atoms with E-state index in [9.17, 15) is 5.11 Å². The molecule has 2 unspecified atom stereocenters. The van der Waals surface area contributed by atoms with Gasteiger partial charge >= 0.3 is 0 Å². The molecule has 2 atom stereocenters. The summed E-state index contributed by atoms with van der Waals surface area (Å²) < 4.78 is 0. The van der Waals surface area contributed by atoms with E-state index in [4.69, 9.17) is 0 Å². The van der Waals surface area contributed by atoms with Gasteiger partial charge in [0, 0.05) is 34.4 Å². The first kappa shape index (κ1) is 21.7. The summed E-state index contributed by atoms with van der Waals surface area (Å²) >= 11 is 0. The van der Waals surface area contributed by atoms with Crippen LogP contribution in [0.4, 0.5) is 0 Å². The van der Waals surface area contributed by atoms with Crippen molar-refractivity contribution in [2.24, 2.45) is 0 Å². The first-order chi connectivity index (χ1) is 15.5. The number of aromatic nitrogens is 2. The van der Waals surface area contributed by atoms with Crippen molar-refractivity contribution in [1.29, 1.82) is 0 Å². The number of aryl methyl sites for hydroxylation is 1. The Bertz CT molecular complexity index is 1080. The molecule has 5 rings (SSSR count). The standard InChI is InChI=1S/C28H37N3O/c1-18(2)27-23-17-21(8-9-24(23)30-28(27)22-10-13-29-19(3)16-22)20-11-14-31(15-12-20)25-6-4-5-7-26(25)32/h8-10,13,16-18,20,25-26,30,32H,4-7,11-12,14-15H2,1-3H3. The molecule has 0 radical (unpaired) electrons. The van der Waals surface area contributed by atoms with E-state index in [1.54, 1.807) is 0 Å². The molecule has 0 amide bonds. The number of fused-ring (bicyclic) bond motifs is 1. The van der Waals surface area contributed by atoms with Crippen molar-refractivity contribution in [3.8, 4) is 11.3 Å². The Morgan fingerprint density at radius 2 is 1.81 bits per heavy atom. The largest absolute Gasteiger partial charge is 0.391 e. The molecule has 4 nitrogen and oxygen atoms in total. The van der Waals surface area contributed by atoms with Gasteiger partial charge in [0.1, 0.15) is 0 Å². The molecule has 2 fully saturated rings. The lowest BCUT2D eigenvalue weighted by Crippen LogP contribution is -2.48. The summed E-state index contributed by atoms with van der Waals surface area (Å²) in [7, 11) is 0. The zero-order valence-corrected chi connectivity index (χ0v) is 19.8. The van der Waals surface area contributed by atoms with Gasteiger partial charge in [-0.05, 0) is 92.9 Å². The molecule has 32 heavy (non-hydrogen) atoms. The van der Waals surface area contributed by atoms with Crippen LogP contribution in [0.15, 0.2) is 36.5 Å². The second kappa shape index (κ2) is 8.99. The molecule has 3 aromatic rings. The van der Waals surface area contributed by atoms with Crippen LogP contribution in [-0.4, -0.2) is 45.2 Å². The molecule has 170 valence electrons. The number of benzene rings is 1. The first-order valence-corrected chi connectivity index (χ1v) is 12.5. The van der Waals surface area contributed by atoms with Crippen LogP contribution in [0.5, 0.6) is 0 Å². The summed E-state index contributed by atoms with van der Waals surface area (Å²) in [6.07, 6.45) is 8.75. The Labute approximate surface area is 192 Å². The average Bonchev–Trinajstić information content (AvgIpc) is 3.19.